The fourth-order valence-electron chi connectivity index (χ4n) is 4.36. The summed E-state index contributed by atoms with van der Waals surface area (Å²) < 4.78 is 7.18. The number of nitrogens with zero attached hydrogens (tertiary/aromatic N) is 3. The summed E-state index contributed by atoms with van der Waals surface area (Å²) in [5, 5.41) is 0.691. The molecule has 0 amide bonds. The third kappa shape index (κ3) is 4.16. The van der Waals surface area contributed by atoms with Crippen LogP contribution >= 0.6 is 11.6 Å². The highest BCUT2D eigenvalue weighted by atomic mass is 35.5. The molecule has 0 spiro atoms. The molecule has 1 saturated heterocycles. The largest absolute Gasteiger partial charge is 0.378 e. The van der Waals surface area contributed by atoms with E-state index < -0.39 is 0 Å². The van der Waals surface area contributed by atoms with Crippen LogP contribution in [0.25, 0.3) is 5.57 Å². The lowest BCUT2D eigenvalue weighted by atomic mass is 10.0. The fraction of sp³-hybridized carbons (Fsp3) is 0.280. The van der Waals surface area contributed by atoms with E-state index in [0.29, 0.717) is 11.6 Å². The van der Waals surface area contributed by atoms with Gasteiger partial charge in [0.1, 0.15) is 0 Å². The lowest BCUT2D eigenvalue weighted by Gasteiger charge is -2.29. The minimum Gasteiger partial charge on any atom is -0.378 e. The van der Waals surface area contributed by atoms with Gasteiger partial charge in [-0.1, -0.05) is 23.7 Å². The predicted octanol–water partition coefficient (Wildman–Crippen LogP) is 4.08. The number of morpholine rings is 1. The van der Waals surface area contributed by atoms with E-state index in [9.17, 15) is 4.79 Å². The molecule has 158 valence electrons. The van der Waals surface area contributed by atoms with Crippen molar-refractivity contribution >= 4 is 22.9 Å². The third-order valence-corrected chi connectivity index (χ3v) is 6.10. The second-order valence-corrected chi connectivity index (χ2v) is 8.56. The van der Waals surface area contributed by atoms with Gasteiger partial charge in [0.05, 0.1) is 37.3 Å². The maximum Gasteiger partial charge on any atom is 0.251 e. The topological polar surface area (TPSA) is 47.4 Å². The van der Waals surface area contributed by atoms with Crippen LogP contribution in [0.5, 0.6) is 0 Å². The number of allylic oxidation sites excluding steroid dienone is 1. The third-order valence-electron chi connectivity index (χ3n) is 5.88. The van der Waals surface area contributed by atoms with Crippen molar-refractivity contribution in [3.8, 4) is 0 Å². The SMILES string of the molecule is Cc1cc(Cl)cc(Cn2ccc(C3=CCc4ncc(N5CCOCC5)cc43)cc2=O)c1. The van der Waals surface area contributed by atoms with E-state index >= 15 is 0 Å². The van der Waals surface area contributed by atoms with Crippen molar-refractivity contribution < 1.29 is 4.74 Å². The van der Waals surface area contributed by atoms with Gasteiger partial charge in [0.2, 0.25) is 0 Å². The summed E-state index contributed by atoms with van der Waals surface area (Å²) in [5.74, 6) is 0. The monoisotopic (exact) mass is 433 g/mol. The molecule has 2 aliphatic rings. The van der Waals surface area contributed by atoms with Gasteiger partial charge in [-0.2, -0.15) is 0 Å². The van der Waals surface area contributed by atoms with E-state index in [-0.39, 0.29) is 5.56 Å². The molecule has 31 heavy (non-hydrogen) atoms. The van der Waals surface area contributed by atoms with Crippen LogP contribution in [0, 0.1) is 6.92 Å². The number of benzene rings is 1. The molecule has 0 N–H and O–H groups in total. The van der Waals surface area contributed by atoms with Gasteiger partial charge < -0.3 is 14.2 Å². The van der Waals surface area contributed by atoms with Gasteiger partial charge in [-0.15, -0.1) is 0 Å². The highest BCUT2D eigenvalue weighted by Gasteiger charge is 2.20. The van der Waals surface area contributed by atoms with E-state index in [1.807, 2.05) is 37.5 Å². The summed E-state index contributed by atoms with van der Waals surface area (Å²) in [7, 11) is 0. The summed E-state index contributed by atoms with van der Waals surface area (Å²) in [4.78, 5) is 19.9. The predicted molar refractivity (Wildman–Crippen MR) is 124 cm³/mol. The quantitative estimate of drug-likeness (QED) is 0.622. The summed E-state index contributed by atoms with van der Waals surface area (Å²) in [6.45, 7) is 5.73. The van der Waals surface area contributed by atoms with E-state index in [4.69, 9.17) is 21.3 Å². The highest BCUT2D eigenvalue weighted by molar-refractivity contribution is 6.30. The van der Waals surface area contributed by atoms with Crippen molar-refractivity contribution in [1.29, 1.82) is 0 Å². The van der Waals surface area contributed by atoms with Gasteiger partial charge in [-0.3, -0.25) is 9.78 Å². The van der Waals surface area contributed by atoms with Gasteiger partial charge in [-0.05, 0) is 53.5 Å². The van der Waals surface area contributed by atoms with Crippen LogP contribution in [0.3, 0.4) is 0 Å². The lowest BCUT2D eigenvalue weighted by Crippen LogP contribution is -2.36. The second-order valence-electron chi connectivity index (χ2n) is 8.13. The number of rotatable bonds is 4. The summed E-state index contributed by atoms with van der Waals surface area (Å²) >= 11 is 6.17. The van der Waals surface area contributed by atoms with Crippen molar-refractivity contribution in [3.05, 3.63) is 98.2 Å². The number of hydrogen-bond donors (Lipinski definition) is 0. The van der Waals surface area contributed by atoms with E-state index in [1.54, 1.807) is 10.6 Å². The van der Waals surface area contributed by atoms with Gasteiger partial charge >= 0.3 is 0 Å². The molecular formula is C25H24ClN3O2. The first-order valence-electron chi connectivity index (χ1n) is 10.6. The lowest BCUT2D eigenvalue weighted by molar-refractivity contribution is 0.122. The standard InChI is InChI=1S/C25H24ClN3O2/c1-17-10-18(12-20(26)11-17)16-29-5-4-19(13-25(29)30)22-2-3-24-23(22)14-21(15-27-24)28-6-8-31-9-7-28/h2,4-5,10-15H,3,6-9,16H2,1H3. The van der Waals surface area contributed by atoms with Crippen LogP contribution in [-0.2, 0) is 17.7 Å². The van der Waals surface area contributed by atoms with Crippen LogP contribution in [0.15, 0.2) is 59.7 Å². The minimum absolute atomic E-state index is 0.0261. The van der Waals surface area contributed by atoms with E-state index in [0.717, 1.165) is 71.9 Å². The molecule has 6 heteroatoms. The zero-order valence-electron chi connectivity index (χ0n) is 17.5. The molecule has 1 aliphatic heterocycles. The van der Waals surface area contributed by atoms with Crippen molar-refractivity contribution in [1.82, 2.24) is 9.55 Å². The Balaban J connectivity index is 1.42. The average Bonchev–Trinajstić information content (AvgIpc) is 3.18. The molecule has 1 aromatic carbocycles. The number of ether oxygens (including phenoxy) is 1. The maximum atomic E-state index is 12.9. The molecule has 5 nitrogen and oxygen atoms in total. The zero-order valence-corrected chi connectivity index (χ0v) is 18.2. The summed E-state index contributed by atoms with van der Waals surface area (Å²) in [6, 6.07) is 11.8. The molecule has 5 rings (SSSR count). The van der Waals surface area contributed by atoms with Crippen molar-refractivity contribution in [2.75, 3.05) is 31.2 Å². The van der Waals surface area contributed by atoms with Crippen LogP contribution in [0.4, 0.5) is 5.69 Å². The summed E-state index contributed by atoms with van der Waals surface area (Å²) in [5.41, 5.74) is 7.38. The number of pyridine rings is 2. The number of anilines is 1. The Hall–Kier alpha value is -2.89. The Morgan fingerprint density at radius 1 is 1.13 bits per heavy atom. The molecule has 3 aromatic rings. The first-order valence-corrected chi connectivity index (χ1v) is 10.9. The van der Waals surface area contributed by atoms with Crippen LogP contribution in [-0.4, -0.2) is 35.9 Å². The molecule has 0 saturated carbocycles. The number of aromatic nitrogens is 2. The van der Waals surface area contributed by atoms with Crippen LogP contribution < -0.4 is 10.5 Å². The summed E-state index contributed by atoms with van der Waals surface area (Å²) in [6.07, 6.45) is 6.77. The normalized spacial score (nSPS) is 15.7. The molecular weight excluding hydrogens is 410 g/mol. The van der Waals surface area contributed by atoms with Gasteiger partial charge in [-0.25, -0.2) is 0 Å². The molecule has 1 fully saturated rings. The van der Waals surface area contributed by atoms with Gasteiger partial charge in [0, 0.05) is 42.4 Å². The first-order chi connectivity index (χ1) is 15.1. The maximum absolute atomic E-state index is 12.9. The Bertz CT molecular complexity index is 1210. The average molecular weight is 434 g/mol. The Labute approximate surface area is 186 Å². The Morgan fingerprint density at radius 3 is 2.74 bits per heavy atom. The molecule has 3 heterocycles. The van der Waals surface area contributed by atoms with Crippen molar-refractivity contribution in [3.63, 3.8) is 0 Å². The van der Waals surface area contributed by atoms with Crippen LogP contribution in [0.2, 0.25) is 5.02 Å². The Morgan fingerprint density at radius 2 is 1.97 bits per heavy atom. The van der Waals surface area contributed by atoms with E-state index in [2.05, 4.69) is 23.1 Å². The van der Waals surface area contributed by atoms with E-state index in [1.165, 1.54) is 0 Å². The molecule has 0 atom stereocenters. The first kappa shape index (κ1) is 20.0. The van der Waals surface area contributed by atoms with Gasteiger partial charge in [0.25, 0.3) is 5.56 Å². The van der Waals surface area contributed by atoms with Crippen molar-refractivity contribution in [2.45, 2.75) is 19.9 Å². The number of halogens is 1. The highest BCUT2D eigenvalue weighted by Crippen LogP contribution is 2.33. The molecule has 0 unspecified atom stereocenters. The zero-order chi connectivity index (χ0) is 21.4. The molecule has 0 bridgehead atoms. The molecule has 0 radical (unpaired) electrons. The number of aryl methyl sites for hydroxylation is 1. The number of fused-ring (bicyclic) bond motifs is 1. The molecule has 2 aromatic heterocycles. The molecule has 1 aliphatic carbocycles. The fourth-order valence-corrected chi connectivity index (χ4v) is 4.67. The number of hydrogen-bond acceptors (Lipinski definition) is 4. The van der Waals surface area contributed by atoms with Crippen LogP contribution in [0.1, 0.15) is 27.9 Å². The second kappa shape index (κ2) is 8.33. The minimum atomic E-state index is -0.0261. The smallest absolute Gasteiger partial charge is 0.251 e. The van der Waals surface area contributed by atoms with Crippen molar-refractivity contribution in [2.24, 2.45) is 0 Å². The van der Waals surface area contributed by atoms with Gasteiger partial charge in [0.15, 0.2) is 0 Å². The Kier molecular flexibility index (Phi) is 5.38.